The molecule has 0 spiro atoms. The van der Waals surface area contributed by atoms with E-state index in [0.717, 1.165) is 18.4 Å². The third-order valence-corrected chi connectivity index (χ3v) is 6.35. The van der Waals surface area contributed by atoms with E-state index in [9.17, 15) is 22.0 Å². The zero-order chi connectivity index (χ0) is 23.8. The lowest BCUT2D eigenvalue weighted by Gasteiger charge is -2.13. The summed E-state index contributed by atoms with van der Waals surface area (Å²) in [6.45, 7) is 0. The van der Waals surface area contributed by atoms with Gasteiger partial charge in [0, 0.05) is 29.3 Å². The van der Waals surface area contributed by atoms with Crippen LogP contribution in [-0.4, -0.2) is 30.8 Å². The SMILES string of the molecule is CS(=O)(=O)c1ccc(C(=O)Nc2ccc(Cl)c(-c3ccn[nH]3)c2)c(-c2ccc(F)c(F)c2)c1. The van der Waals surface area contributed by atoms with E-state index in [0.29, 0.717) is 22.0 Å². The van der Waals surface area contributed by atoms with Gasteiger partial charge in [0.1, 0.15) is 0 Å². The van der Waals surface area contributed by atoms with E-state index < -0.39 is 27.4 Å². The van der Waals surface area contributed by atoms with Crippen molar-refractivity contribution in [3.8, 4) is 22.4 Å². The molecule has 1 amide bonds. The Hall–Kier alpha value is -3.56. The van der Waals surface area contributed by atoms with Gasteiger partial charge in [-0.2, -0.15) is 5.10 Å². The highest BCUT2D eigenvalue weighted by Gasteiger charge is 2.19. The summed E-state index contributed by atoms with van der Waals surface area (Å²) in [6, 6.07) is 13.5. The Balaban J connectivity index is 1.76. The Morgan fingerprint density at radius 2 is 1.76 bits per heavy atom. The number of hydrogen-bond donors (Lipinski definition) is 2. The largest absolute Gasteiger partial charge is 0.322 e. The van der Waals surface area contributed by atoms with E-state index in [4.69, 9.17) is 11.6 Å². The molecule has 3 aromatic carbocycles. The van der Waals surface area contributed by atoms with Gasteiger partial charge < -0.3 is 5.32 Å². The van der Waals surface area contributed by atoms with E-state index in [1.807, 2.05) is 0 Å². The van der Waals surface area contributed by atoms with Crippen LogP contribution in [0.2, 0.25) is 5.02 Å². The molecule has 1 aromatic heterocycles. The number of nitrogens with zero attached hydrogens (tertiary/aromatic N) is 1. The number of nitrogens with one attached hydrogen (secondary N) is 2. The van der Waals surface area contributed by atoms with Crippen molar-refractivity contribution in [2.24, 2.45) is 0 Å². The van der Waals surface area contributed by atoms with Crippen molar-refractivity contribution in [2.75, 3.05) is 11.6 Å². The second-order valence-electron chi connectivity index (χ2n) is 7.23. The van der Waals surface area contributed by atoms with Crippen LogP contribution in [0.4, 0.5) is 14.5 Å². The van der Waals surface area contributed by atoms with Crippen LogP contribution in [0.25, 0.3) is 22.4 Å². The molecule has 10 heteroatoms. The van der Waals surface area contributed by atoms with Crippen molar-refractivity contribution < 1.29 is 22.0 Å². The van der Waals surface area contributed by atoms with Crippen LogP contribution >= 0.6 is 11.6 Å². The van der Waals surface area contributed by atoms with E-state index in [1.54, 1.807) is 30.5 Å². The fourth-order valence-corrected chi connectivity index (χ4v) is 4.13. The lowest BCUT2D eigenvalue weighted by molar-refractivity contribution is 0.102. The number of carbonyl (C=O) groups is 1. The molecule has 168 valence electrons. The molecule has 4 aromatic rings. The lowest BCUT2D eigenvalue weighted by atomic mass is 9.98. The van der Waals surface area contributed by atoms with E-state index in [1.165, 1.54) is 24.3 Å². The fraction of sp³-hybridized carbons (Fsp3) is 0.0435. The van der Waals surface area contributed by atoms with Crippen LogP contribution in [0.5, 0.6) is 0 Å². The molecule has 0 aliphatic carbocycles. The number of aromatic amines is 1. The van der Waals surface area contributed by atoms with Gasteiger partial charge in [-0.15, -0.1) is 0 Å². The van der Waals surface area contributed by atoms with Gasteiger partial charge in [-0.05, 0) is 65.7 Å². The third-order valence-electron chi connectivity index (χ3n) is 4.91. The normalized spacial score (nSPS) is 11.4. The topological polar surface area (TPSA) is 91.9 Å². The molecule has 0 bridgehead atoms. The molecule has 0 saturated heterocycles. The van der Waals surface area contributed by atoms with Crippen LogP contribution in [0, 0.1) is 11.6 Å². The number of carbonyl (C=O) groups excluding carboxylic acids is 1. The third kappa shape index (κ3) is 4.79. The minimum absolute atomic E-state index is 0.0631. The van der Waals surface area contributed by atoms with Crippen molar-refractivity contribution in [1.82, 2.24) is 10.2 Å². The van der Waals surface area contributed by atoms with Crippen molar-refractivity contribution >= 4 is 33.0 Å². The maximum Gasteiger partial charge on any atom is 0.256 e. The number of hydrogen-bond acceptors (Lipinski definition) is 4. The first-order chi connectivity index (χ1) is 15.6. The average molecular weight is 488 g/mol. The first-order valence-corrected chi connectivity index (χ1v) is 11.8. The second-order valence-corrected chi connectivity index (χ2v) is 9.65. The fourth-order valence-electron chi connectivity index (χ4n) is 3.27. The Morgan fingerprint density at radius 1 is 0.970 bits per heavy atom. The summed E-state index contributed by atoms with van der Waals surface area (Å²) >= 11 is 6.25. The van der Waals surface area contributed by atoms with E-state index >= 15 is 0 Å². The molecule has 0 atom stereocenters. The highest BCUT2D eigenvalue weighted by Crippen LogP contribution is 2.31. The van der Waals surface area contributed by atoms with Gasteiger partial charge in [0.2, 0.25) is 0 Å². The molecule has 0 fully saturated rings. The van der Waals surface area contributed by atoms with Gasteiger partial charge in [-0.1, -0.05) is 17.7 Å². The zero-order valence-corrected chi connectivity index (χ0v) is 18.6. The maximum absolute atomic E-state index is 13.9. The minimum Gasteiger partial charge on any atom is -0.322 e. The molecule has 0 radical (unpaired) electrons. The van der Waals surface area contributed by atoms with Gasteiger partial charge in [-0.3, -0.25) is 9.89 Å². The summed E-state index contributed by atoms with van der Waals surface area (Å²) in [4.78, 5) is 13.1. The Labute approximate surface area is 193 Å². The van der Waals surface area contributed by atoms with Crippen molar-refractivity contribution in [2.45, 2.75) is 4.90 Å². The first-order valence-electron chi connectivity index (χ1n) is 9.53. The summed E-state index contributed by atoms with van der Waals surface area (Å²) in [5, 5.41) is 9.86. The Bertz CT molecular complexity index is 1470. The molecule has 0 saturated carbocycles. The molecule has 1 heterocycles. The lowest BCUT2D eigenvalue weighted by Crippen LogP contribution is -2.14. The Morgan fingerprint density at radius 3 is 2.42 bits per heavy atom. The standard InChI is InChI=1S/C23H16ClF2N3O3S/c1-33(31,32)15-4-5-16(17(12-15)13-2-7-20(25)21(26)10-13)23(30)28-14-3-6-19(24)18(11-14)22-8-9-27-29-22/h2-12H,1H3,(H,27,29)(H,28,30). The average Bonchev–Trinajstić information content (AvgIpc) is 3.30. The summed E-state index contributed by atoms with van der Waals surface area (Å²) in [5.41, 5.74) is 2.04. The van der Waals surface area contributed by atoms with Crippen LogP contribution in [0.3, 0.4) is 0 Å². The molecule has 2 N–H and O–H groups in total. The zero-order valence-electron chi connectivity index (χ0n) is 17.1. The van der Waals surface area contributed by atoms with Crippen LogP contribution < -0.4 is 5.32 Å². The van der Waals surface area contributed by atoms with Crippen LogP contribution in [0.15, 0.2) is 71.8 Å². The number of anilines is 1. The molecular weight excluding hydrogens is 472 g/mol. The summed E-state index contributed by atoms with van der Waals surface area (Å²) in [5.74, 6) is -2.75. The second kappa shape index (κ2) is 8.76. The van der Waals surface area contributed by atoms with Crippen molar-refractivity contribution in [1.29, 1.82) is 0 Å². The molecule has 0 unspecified atom stereocenters. The number of amides is 1. The van der Waals surface area contributed by atoms with E-state index in [-0.39, 0.29) is 21.6 Å². The summed E-state index contributed by atoms with van der Waals surface area (Å²) in [7, 11) is -3.61. The monoisotopic (exact) mass is 487 g/mol. The first kappa shape index (κ1) is 22.6. The smallest absolute Gasteiger partial charge is 0.256 e. The highest BCUT2D eigenvalue weighted by molar-refractivity contribution is 7.90. The van der Waals surface area contributed by atoms with E-state index in [2.05, 4.69) is 15.5 Å². The number of sulfone groups is 1. The predicted molar refractivity (Wildman–Crippen MR) is 122 cm³/mol. The maximum atomic E-state index is 13.9. The molecule has 33 heavy (non-hydrogen) atoms. The van der Waals surface area contributed by atoms with Crippen LogP contribution in [0.1, 0.15) is 10.4 Å². The number of halogens is 3. The molecule has 0 aliphatic heterocycles. The summed E-state index contributed by atoms with van der Waals surface area (Å²) < 4.78 is 51.4. The predicted octanol–water partition coefficient (Wildman–Crippen LogP) is 5.33. The van der Waals surface area contributed by atoms with Gasteiger partial charge in [-0.25, -0.2) is 17.2 Å². The molecule has 4 rings (SSSR count). The number of benzene rings is 3. The summed E-state index contributed by atoms with van der Waals surface area (Å²) in [6.07, 6.45) is 2.58. The van der Waals surface area contributed by atoms with Gasteiger partial charge >= 0.3 is 0 Å². The quantitative estimate of drug-likeness (QED) is 0.398. The van der Waals surface area contributed by atoms with Gasteiger partial charge in [0.05, 0.1) is 15.6 Å². The van der Waals surface area contributed by atoms with Crippen LogP contribution in [-0.2, 0) is 9.84 Å². The van der Waals surface area contributed by atoms with Crippen molar-refractivity contribution in [3.05, 3.63) is 89.1 Å². The van der Waals surface area contributed by atoms with Gasteiger partial charge in [0.15, 0.2) is 21.5 Å². The molecule has 0 aliphatic rings. The molecule has 6 nitrogen and oxygen atoms in total. The molecular formula is C23H16ClF2N3O3S. The minimum atomic E-state index is -3.61. The highest BCUT2D eigenvalue weighted by atomic mass is 35.5. The van der Waals surface area contributed by atoms with Gasteiger partial charge in [0.25, 0.3) is 5.91 Å². The number of H-pyrrole nitrogens is 1. The Kier molecular flexibility index (Phi) is 6.01. The number of aromatic nitrogens is 2. The van der Waals surface area contributed by atoms with Crippen molar-refractivity contribution in [3.63, 3.8) is 0 Å². The number of rotatable bonds is 5.